The second-order valence-electron chi connectivity index (χ2n) is 6.22. The summed E-state index contributed by atoms with van der Waals surface area (Å²) in [6.07, 6.45) is 0.694. The number of aromatic hydroxyl groups is 2. The monoisotopic (exact) mass is 494 g/mol. The van der Waals surface area contributed by atoms with Crippen molar-refractivity contribution in [2.24, 2.45) is 5.16 Å². The third-order valence-electron chi connectivity index (χ3n) is 4.08. The van der Waals surface area contributed by atoms with E-state index in [1.165, 1.54) is 0 Å². The molecular formula is C17H18B2Br2N2O4. The van der Waals surface area contributed by atoms with Crippen LogP contribution in [0.5, 0.6) is 11.5 Å². The summed E-state index contributed by atoms with van der Waals surface area (Å²) in [4.78, 5) is 12.3. The Hall–Kier alpha value is -1.93. The minimum absolute atomic E-state index is 0.0185. The van der Waals surface area contributed by atoms with Crippen LogP contribution in [0.3, 0.4) is 0 Å². The molecule has 0 aliphatic carbocycles. The van der Waals surface area contributed by atoms with Gasteiger partial charge in [-0.25, -0.2) is 0 Å². The molecule has 0 bridgehead atoms. The number of rotatable bonds is 6. The van der Waals surface area contributed by atoms with Gasteiger partial charge >= 0.3 is 0 Å². The van der Waals surface area contributed by atoms with Crippen LogP contribution in [-0.2, 0) is 17.6 Å². The first-order chi connectivity index (χ1) is 12.7. The third-order valence-corrected chi connectivity index (χ3v) is 5.29. The second kappa shape index (κ2) is 9.32. The summed E-state index contributed by atoms with van der Waals surface area (Å²) >= 11 is 6.55. The Balaban J connectivity index is 1.98. The normalized spacial score (nSPS) is 11.4. The summed E-state index contributed by atoms with van der Waals surface area (Å²) in [7, 11) is 3.55. The van der Waals surface area contributed by atoms with E-state index in [1.54, 1.807) is 33.9 Å². The molecule has 0 fully saturated rings. The highest BCUT2D eigenvalue weighted by Gasteiger charge is 2.15. The summed E-state index contributed by atoms with van der Waals surface area (Å²) in [6.45, 7) is 0.354. The van der Waals surface area contributed by atoms with Gasteiger partial charge in [-0.15, -0.1) is 0 Å². The quantitative estimate of drug-likeness (QED) is 0.194. The number of carbonyl (C=O) groups excluding carboxylic acids is 1. The van der Waals surface area contributed by atoms with Crippen molar-refractivity contribution < 1.29 is 20.2 Å². The fourth-order valence-corrected chi connectivity index (χ4v) is 3.85. The van der Waals surface area contributed by atoms with Crippen molar-refractivity contribution in [1.29, 1.82) is 0 Å². The molecule has 0 spiro atoms. The lowest BCUT2D eigenvalue weighted by atomic mass is 9.91. The molecule has 0 atom stereocenters. The van der Waals surface area contributed by atoms with Crippen molar-refractivity contribution in [2.45, 2.75) is 12.8 Å². The zero-order chi connectivity index (χ0) is 20.1. The van der Waals surface area contributed by atoms with Gasteiger partial charge in [0.05, 0.1) is 8.95 Å². The van der Waals surface area contributed by atoms with Crippen LogP contribution in [0.2, 0.25) is 0 Å². The van der Waals surface area contributed by atoms with E-state index in [0.29, 0.717) is 27.4 Å². The highest BCUT2D eigenvalue weighted by molar-refractivity contribution is 9.11. The third kappa shape index (κ3) is 5.52. The standard InChI is InChI=1S/C17H18B2Br2N2O4/c18-10-3-8(5-12(20)15(10)24)1-2-22-17(26)14(23-27)7-9-4-11(19)16(25)13(21)6-9/h3-6,24-25,27H,1-2,7,18-19H2,(H,22,26)/b23-14-. The number of nitrogens with one attached hydrogen (secondary N) is 1. The molecule has 0 radical (unpaired) electrons. The molecule has 0 saturated carbocycles. The van der Waals surface area contributed by atoms with Crippen LogP contribution in [0.15, 0.2) is 38.4 Å². The lowest BCUT2D eigenvalue weighted by Crippen LogP contribution is -2.34. The molecule has 6 nitrogen and oxygen atoms in total. The van der Waals surface area contributed by atoms with Crippen molar-refractivity contribution in [2.75, 3.05) is 6.54 Å². The van der Waals surface area contributed by atoms with Crippen LogP contribution in [0.25, 0.3) is 0 Å². The largest absolute Gasteiger partial charge is 0.507 e. The van der Waals surface area contributed by atoms with E-state index in [-0.39, 0.29) is 23.6 Å². The number of amides is 1. The van der Waals surface area contributed by atoms with Crippen LogP contribution in [-0.4, -0.2) is 49.3 Å². The summed E-state index contributed by atoms with van der Waals surface area (Å²) in [5, 5.41) is 34.6. The number of phenols is 2. The van der Waals surface area contributed by atoms with Gasteiger partial charge in [-0.2, -0.15) is 0 Å². The number of halogens is 2. The molecule has 0 aliphatic rings. The molecule has 0 unspecified atom stereocenters. The Bertz CT molecular complexity index is 860. The van der Waals surface area contributed by atoms with Crippen LogP contribution in [0, 0.1) is 0 Å². The first kappa shape index (κ1) is 21.4. The predicted molar refractivity (Wildman–Crippen MR) is 118 cm³/mol. The van der Waals surface area contributed by atoms with Crippen LogP contribution in [0.1, 0.15) is 11.1 Å². The van der Waals surface area contributed by atoms with E-state index < -0.39 is 5.91 Å². The zero-order valence-corrected chi connectivity index (χ0v) is 18.1. The number of oxime groups is 1. The number of benzene rings is 2. The van der Waals surface area contributed by atoms with Crippen LogP contribution in [0.4, 0.5) is 0 Å². The van der Waals surface area contributed by atoms with Crippen molar-refractivity contribution in [3.05, 3.63) is 44.3 Å². The fraction of sp³-hybridized carbons (Fsp3) is 0.176. The molecule has 0 aromatic heterocycles. The summed E-state index contributed by atoms with van der Waals surface area (Å²) in [6, 6.07) is 7.06. The van der Waals surface area contributed by atoms with Crippen molar-refractivity contribution >= 4 is 70.1 Å². The average molecular weight is 496 g/mol. The maximum atomic E-state index is 12.3. The SMILES string of the molecule is Bc1cc(CCNC(=O)/C(Cc2cc(B)c(O)c(Br)c2)=N\O)cc(Br)c1O. The molecule has 0 saturated heterocycles. The molecular weight excluding hydrogens is 478 g/mol. The van der Waals surface area contributed by atoms with Gasteiger partial charge in [0.25, 0.3) is 5.91 Å². The van der Waals surface area contributed by atoms with Gasteiger partial charge in [-0.1, -0.05) is 17.3 Å². The minimum atomic E-state index is -0.464. The number of carbonyl (C=O) groups is 1. The van der Waals surface area contributed by atoms with Gasteiger partial charge in [0.15, 0.2) is 0 Å². The number of nitrogens with zero attached hydrogens (tertiary/aromatic N) is 1. The molecule has 2 aromatic rings. The highest BCUT2D eigenvalue weighted by Crippen LogP contribution is 2.23. The number of hydrogen-bond donors (Lipinski definition) is 4. The van der Waals surface area contributed by atoms with Crippen molar-refractivity contribution in [3.8, 4) is 11.5 Å². The molecule has 10 heteroatoms. The molecule has 2 aromatic carbocycles. The van der Waals surface area contributed by atoms with Crippen molar-refractivity contribution in [1.82, 2.24) is 5.32 Å². The van der Waals surface area contributed by atoms with Gasteiger partial charge in [0.2, 0.25) is 0 Å². The van der Waals surface area contributed by atoms with E-state index in [0.717, 1.165) is 16.6 Å². The Morgan fingerprint density at radius 1 is 1.00 bits per heavy atom. The Kier molecular flexibility index (Phi) is 7.38. The number of hydrogen-bond acceptors (Lipinski definition) is 5. The topological polar surface area (TPSA) is 102 Å². The van der Waals surface area contributed by atoms with Crippen LogP contribution >= 0.6 is 31.9 Å². The molecule has 27 heavy (non-hydrogen) atoms. The summed E-state index contributed by atoms with van der Waals surface area (Å²) in [5.74, 6) is -0.122. The molecule has 4 N–H and O–H groups in total. The van der Waals surface area contributed by atoms with Gasteiger partial charge in [-0.3, -0.25) is 4.79 Å². The average Bonchev–Trinajstić information content (AvgIpc) is 2.61. The first-order valence-corrected chi connectivity index (χ1v) is 9.76. The second-order valence-corrected chi connectivity index (χ2v) is 7.92. The molecule has 2 rings (SSSR count). The smallest absolute Gasteiger partial charge is 0.269 e. The van der Waals surface area contributed by atoms with E-state index in [1.807, 2.05) is 6.07 Å². The van der Waals surface area contributed by atoms with E-state index in [4.69, 9.17) is 0 Å². The minimum Gasteiger partial charge on any atom is -0.507 e. The maximum Gasteiger partial charge on any atom is 0.269 e. The van der Waals surface area contributed by atoms with Gasteiger partial charge < -0.3 is 20.7 Å². The first-order valence-electron chi connectivity index (χ1n) is 8.18. The Labute approximate surface area is 175 Å². The Morgan fingerprint density at radius 2 is 1.52 bits per heavy atom. The van der Waals surface area contributed by atoms with Crippen molar-refractivity contribution in [3.63, 3.8) is 0 Å². The molecule has 140 valence electrons. The maximum absolute atomic E-state index is 12.3. The van der Waals surface area contributed by atoms with Gasteiger partial charge in [-0.05, 0) is 72.5 Å². The van der Waals surface area contributed by atoms with Gasteiger partial charge in [0.1, 0.15) is 32.9 Å². The molecule has 1 amide bonds. The number of phenolic OH excluding ortho intramolecular Hbond substituents is 2. The van der Waals surface area contributed by atoms with Crippen LogP contribution < -0.4 is 16.2 Å². The lowest BCUT2D eigenvalue weighted by Gasteiger charge is -2.10. The van der Waals surface area contributed by atoms with E-state index in [2.05, 4.69) is 42.3 Å². The van der Waals surface area contributed by atoms with E-state index >= 15 is 0 Å². The fourth-order valence-electron chi connectivity index (χ4n) is 2.64. The lowest BCUT2D eigenvalue weighted by molar-refractivity contribution is -0.115. The Morgan fingerprint density at radius 3 is 2.04 bits per heavy atom. The van der Waals surface area contributed by atoms with Gasteiger partial charge in [0, 0.05) is 13.0 Å². The molecule has 0 heterocycles. The highest BCUT2D eigenvalue weighted by atomic mass is 79.9. The zero-order valence-electron chi connectivity index (χ0n) is 14.9. The summed E-state index contributed by atoms with van der Waals surface area (Å²) < 4.78 is 1.12. The van der Waals surface area contributed by atoms with E-state index in [9.17, 15) is 20.2 Å². The summed E-state index contributed by atoms with van der Waals surface area (Å²) in [5.41, 5.74) is 3.08. The predicted octanol–water partition coefficient (Wildman–Crippen LogP) is -0.129. The molecule has 0 aliphatic heterocycles.